The van der Waals surface area contributed by atoms with Gasteiger partial charge in [0.2, 0.25) is 5.91 Å². The van der Waals surface area contributed by atoms with E-state index in [0.717, 1.165) is 44.9 Å². The number of amides is 1. The maximum absolute atomic E-state index is 12.0. The fraction of sp³-hybridized carbons (Fsp3) is 0.632. The fourth-order valence-electron chi connectivity index (χ4n) is 3.80. The summed E-state index contributed by atoms with van der Waals surface area (Å²) < 4.78 is 10.6. The van der Waals surface area contributed by atoms with Gasteiger partial charge >= 0.3 is 0 Å². The van der Waals surface area contributed by atoms with E-state index in [0.29, 0.717) is 0 Å². The molecule has 0 bridgehead atoms. The first-order chi connectivity index (χ1) is 11.7. The van der Waals surface area contributed by atoms with E-state index in [1.54, 1.807) is 14.2 Å². The summed E-state index contributed by atoms with van der Waals surface area (Å²) >= 11 is 0. The van der Waals surface area contributed by atoms with Crippen LogP contribution < -0.4 is 4.74 Å². The molecule has 2 aliphatic rings. The molecular weight excluding hydrogens is 304 g/mol. The van der Waals surface area contributed by atoms with Gasteiger partial charge in [0.1, 0.15) is 12.4 Å². The summed E-state index contributed by atoms with van der Waals surface area (Å²) in [6.45, 7) is 4.57. The van der Waals surface area contributed by atoms with Crippen LogP contribution in [0.2, 0.25) is 0 Å². The smallest absolute Gasteiger partial charge is 0.248 e. The van der Waals surface area contributed by atoms with Crippen molar-refractivity contribution in [2.45, 2.75) is 32.2 Å². The van der Waals surface area contributed by atoms with E-state index >= 15 is 0 Å². The highest BCUT2D eigenvalue weighted by molar-refractivity contribution is 5.77. The topological polar surface area (TPSA) is 42.0 Å². The average Bonchev–Trinajstić information content (AvgIpc) is 2.90. The Morgan fingerprint density at radius 2 is 1.83 bits per heavy atom. The molecule has 0 saturated carbocycles. The lowest BCUT2D eigenvalue weighted by Gasteiger charge is -2.23. The predicted octanol–water partition coefficient (Wildman–Crippen LogP) is 1.86. The van der Waals surface area contributed by atoms with Gasteiger partial charge in [0.15, 0.2) is 0 Å². The lowest BCUT2D eigenvalue weighted by molar-refractivity contribution is -0.135. The highest BCUT2D eigenvalue weighted by Gasteiger charge is 2.21. The normalized spacial score (nSPS) is 18.3. The number of carbonyl (C=O) groups is 1. The quantitative estimate of drug-likeness (QED) is 0.825. The van der Waals surface area contributed by atoms with E-state index in [1.807, 2.05) is 4.90 Å². The van der Waals surface area contributed by atoms with Crippen molar-refractivity contribution in [1.82, 2.24) is 9.80 Å². The highest BCUT2D eigenvalue weighted by atomic mass is 16.5. The van der Waals surface area contributed by atoms with Crippen LogP contribution in [0.15, 0.2) is 12.1 Å². The predicted molar refractivity (Wildman–Crippen MR) is 93.4 cm³/mol. The molecule has 1 aromatic carbocycles. The summed E-state index contributed by atoms with van der Waals surface area (Å²) in [7, 11) is 3.33. The lowest BCUT2D eigenvalue weighted by atomic mass is 10.0. The average molecular weight is 332 g/mol. The first-order valence-electron chi connectivity index (χ1n) is 8.89. The zero-order valence-electron chi connectivity index (χ0n) is 14.8. The number of ether oxygens (including phenoxy) is 2. The van der Waals surface area contributed by atoms with Crippen LogP contribution in [-0.4, -0.2) is 62.7 Å². The molecule has 1 fully saturated rings. The monoisotopic (exact) mass is 332 g/mol. The van der Waals surface area contributed by atoms with E-state index in [4.69, 9.17) is 9.47 Å². The molecule has 0 radical (unpaired) electrons. The van der Waals surface area contributed by atoms with Crippen molar-refractivity contribution < 1.29 is 14.3 Å². The zero-order chi connectivity index (χ0) is 16.9. The first-order valence-corrected chi connectivity index (χ1v) is 8.89. The lowest BCUT2D eigenvalue weighted by Crippen LogP contribution is -2.37. The van der Waals surface area contributed by atoms with Crippen LogP contribution in [0.3, 0.4) is 0 Å². The van der Waals surface area contributed by atoms with Gasteiger partial charge in [0, 0.05) is 45.4 Å². The van der Waals surface area contributed by atoms with Crippen LogP contribution >= 0.6 is 0 Å². The molecule has 1 aliphatic heterocycles. The van der Waals surface area contributed by atoms with Gasteiger partial charge in [-0.25, -0.2) is 0 Å². The fourth-order valence-corrected chi connectivity index (χ4v) is 3.80. The summed E-state index contributed by atoms with van der Waals surface area (Å²) in [4.78, 5) is 16.4. The minimum atomic E-state index is 0.0921. The molecule has 1 aromatic rings. The zero-order valence-corrected chi connectivity index (χ0v) is 14.8. The molecule has 0 spiro atoms. The minimum absolute atomic E-state index is 0.0921. The Morgan fingerprint density at radius 3 is 2.58 bits per heavy atom. The van der Waals surface area contributed by atoms with Crippen molar-refractivity contribution in [3.05, 3.63) is 28.8 Å². The van der Waals surface area contributed by atoms with Crippen LogP contribution in [0.1, 0.15) is 29.5 Å². The minimum Gasteiger partial charge on any atom is -0.496 e. The molecule has 5 heteroatoms. The van der Waals surface area contributed by atoms with Crippen molar-refractivity contribution >= 4 is 5.91 Å². The summed E-state index contributed by atoms with van der Waals surface area (Å²) in [5, 5.41) is 0. The van der Waals surface area contributed by atoms with E-state index < -0.39 is 0 Å². The van der Waals surface area contributed by atoms with E-state index in [2.05, 4.69) is 17.0 Å². The van der Waals surface area contributed by atoms with Crippen molar-refractivity contribution in [1.29, 1.82) is 0 Å². The molecule has 5 nitrogen and oxygen atoms in total. The standard InChI is InChI=1S/C19H28N2O3/c1-23-14-19(22)21-8-4-7-20(9-10-21)13-17-11-15-5-3-6-16(15)12-18(17)24-2/h11-12H,3-10,13-14H2,1-2H3. The number of benzene rings is 1. The van der Waals surface area contributed by atoms with E-state index in [9.17, 15) is 4.79 Å². The van der Waals surface area contributed by atoms with E-state index in [1.165, 1.54) is 36.0 Å². The van der Waals surface area contributed by atoms with Gasteiger partial charge in [0.05, 0.1) is 7.11 Å². The summed E-state index contributed by atoms with van der Waals surface area (Å²) in [6.07, 6.45) is 4.61. The molecule has 1 heterocycles. The van der Waals surface area contributed by atoms with Gasteiger partial charge in [-0.05, 0) is 42.9 Å². The second kappa shape index (κ2) is 7.99. The summed E-state index contributed by atoms with van der Waals surface area (Å²) in [6, 6.07) is 4.56. The molecule has 132 valence electrons. The molecule has 0 atom stereocenters. The summed E-state index contributed by atoms with van der Waals surface area (Å²) in [5.74, 6) is 1.10. The Morgan fingerprint density at radius 1 is 1.04 bits per heavy atom. The number of methoxy groups -OCH3 is 2. The SMILES string of the molecule is COCC(=O)N1CCCN(Cc2cc3c(cc2OC)CCC3)CC1. The molecule has 1 amide bonds. The van der Waals surface area contributed by atoms with Crippen LogP contribution in [0.5, 0.6) is 5.75 Å². The maximum atomic E-state index is 12.0. The van der Waals surface area contributed by atoms with Crippen molar-refractivity contribution in [3.63, 3.8) is 0 Å². The molecule has 1 aliphatic carbocycles. The number of hydrogen-bond donors (Lipinski definition) is 0. The van der Waals surface area contributed by atoms with Crippen molar-refractivity contribution in [2.75, 3.05) is 47.0 Å². The number of carbonyl (C=O) groups excluding carboxylic acids is 1. The van der Waals surface area contributed by atoms with Crippen LogP contribution in [0, 0.1) is 0 Å². The molecule has 0 N–H and O–H groups in total. The maximum Gasteiger partial charge on any atom is 0.248 e. The number of aryl methyl sites for hydroxylation is 2. The van der Waals surface area contributed by atoms with Gasteiger partial charge in [-0.3, -0.25) is 9.69 Å². The molecular formula is C19H28N2O3. The second-order valence-electron chi connectivity index (χ2n) is 6.73. The first kappa shape index (κ1) is 17.2. The Bertz CT molecular complexity index is 588. The van der Waals surface area contributed by atoms with Crippen LogP contribution in [0.4, 0.5) is 0 Å². The van der Waals surface area contributed by atoms with Gasteiger partial charge < -0.3 is 14.4 Å². The van der Waals surface area contributed by atoms with Gasteiger partial charge in [-0.2, -0.15) is 0 Å². The third kappa shape index (κ3) is 3.90. The van der Waals surface area contributed by atoms with Crippen molar-refractivity contribution in [3.8, 4) is 5.75 Å². The number of rotatable bonds is 5. The highest BCUT2D eigenvalue weighted by Crippen LogP contribution is 2.30. The Kier molecular flexibility index (Phi) is 5.74. The van der Waals surface area contributed by atoms with Crippen LogP contribution in [0.25, 0.3) is 0 Å². The van der Waals surface area contributed by atoms with Gasteiger partial charge in [0.25, 0.3) is 0 Å². The third-order valence-electron chi connectivity index (χ3n) is 5.10. The molecule has 24 heavy (non-hydrogen) atoms. The number of nitrogens with zero attached hydrogens (tertiary/aromatic N) is 2. The number of fused-ring (bicyclic) bond motifs is 1. The largest absolute Gasteiger partial charge is 0.496 e. The Labute approximate surface area is 144 Å². The summed E-state index contributed by atoms with van der Waals surface area (Å²) in [5.41, 5.74) is 4.20. The third-order valence-corrected chi connectivity index (χ3v) is 5.10. The van der Waals surface area contributed by atoms with Gasteiger partial charge in [-0.1, -0.05) is 6.07 Å². The second-order valence-corrected chi connectivity index (χ2v) is 6.73. The van der Waals surface area contributed by atoms with E-state index in [-0.39, 0.29) is 12.5 Å². The molecule has 3 rings (SSSR count). The number of hydrogen-bond acceptors (Lipinski definition) is 4. The Balaban J connectivity index is 1.65. The van der Waals surface area contributed by atoms with Crippen LogP contribution in [-0.2, 0) is 28.9 Å². The van der Waals surface area contributed by atoms with Crippen molar-refractivity contribution in [2.24, 2.45) is 0 Å². The Hall–Kier alpha value is -1.59. The molecule has 0 aromatic heterocycles. The molecule has 0 unspecified atom stereocenters. The molecule has 1 saturated heterocycles. The van der Waals surface area contributed by atoms with Gasteiger partial charge in [-0.15, -0.1) is 0 Å².